The molecule has 1 aromatic heterocycles. The number of nitrogens with one attached hydrogen (secondary N) is 1. The van der Waals surface area contributed by atoms with Crippen molar-refractivity contribution < 1.29 is 9.53 Å². The van der Waals surface area contributed by atoms with Crippen molar-refractivity contribution >= 4 is 17.7 Å². The summed E-state index contributed by atoms with van der Waals surface area (Å²) in [6, 6.07) is 3.95. The molecule has 5 heteroatoms. The SMILES string of the molecule is CCNC(C)(CC(C)Sc1ccncc1)C(=O)OC. The maximum absolute atomic E-state index is 11.9. The molecule has 0 aliphatic heterocycles. The van der Waals surface area contributed by atoms with Gasteiger partial charge in [-0.05, 0) is 32.0 Å². The Kier molecular flexibility index (Phi) is 6.31. The van der Waals surface area contributed by atoms with Gasteiger partial charge < -0.3 is 10.1 Å². The zero-order chi connectivity index (χ0) is 14.3. The minimum Gasteiger partial charge on any atom is -0.468 e. The molecule has 4 nitrogen and oxygen atoms in total. The maximum Gasteiger partial charge on any atom is 0.325 e. The van der Waals surface area contributed by atoms with Gasteiger partial charge in [0.2, 0.25) is 0 Å². The molecule has 0 amide bonds. The molecule has 1 rings (SSSR count). The van der Waals surface area contributed by atoms with E-state index in [0.29, 0.717) is 11.7 Å². The van der Waals surface area contributed by atoms with Crippen molar-refractivity contribution in [2.45, 2.75) is 42.9 Å². The number of nitrogens with zero attached hydrogens (tertiary/aromatic N) is 1. The van der Waals surface area contributed by atoms with E-state index in [9.17, 15) is 4.79 Å². The van der Waals surface area contributed by atoms with Crippen LogP contribution in [0, 0.1) is 0 Å². The molecule has 2 unspecified atom stereocenters. The molecule has 106 valence electrons. The number of methoxy groups -OCH3 is 1. The number of hydrogen-bond donors (Lipinski definition) is 1. The maximum atomic E-state index is 11.9. The molecule has 0 bridgehead atoms. The molecule has 1 aromatic rings. The van der Waals surface area contributed by atoms with E-state index in [0.717, 1.165) is 11.4 Å². The summed E-state index contributed by atoms with van der Waals surface area (Å²) in [5.41, 5.74) is -0.636. The quantitative estimate of drug-likeness (QED) is 0.615. The second kappa shape index (κ2) is 7.50. The highest BCUT2D eigenvalue weighted by atomic mass is 32.2. The van der Waals surface area contributed by atoms with Crippen LogP contribution < -0.4 is 5.32 Å². The van der Waals surface area contributed by atoms with Crippen molar-refractivity contribution in [3.05, 3.63) is 24.5 Å². The van der Waals surface area contributed by atoms with E-state index >= 15 is 0 Å². The minimum absolute atomic E-state index is 0.212. The van der Waals surface area contributed by atoms with E-state index in [4.69, 9.17) is 4.74 Å². The van der Waals surface area contributed by atoms with Gasteiger partial charge in [0.15, 0.2) is 0 Å². The van der Waals surface area contributed by atoms with E-state index < -0.39 is 5.54 Å². The molecule has 0 aromatic carbocycles. The standard InChI is InChI=1S/C14H22N2O2S/c1-5-16-14(3,13(17)18-4)10-11(2)19-12-6-8-15-9-7-12/h6-9,11,16H,5,10H2,1-4H3. The molecule has 0 spiro atoms. The first kappa shape index (κ1) is 16.0. The summed E-state index contributed by atoms with van der Waals surface area (Å²) in [5, 5.41) is 3.52. The van der Waals surface area contributed by atoms with Gasteiger partial charge in [-0.15, -0.1) is 11.8 Å². The zero-order valence-electron chi connectivity index (χ0n) is 12.0. The van der Waals surface area contributed by atoms with Gasteiger partial charge in [-0.1, -0.05) is 13.8 Å². The number of esters is 1. The number of carbonyl (C=O) groups excluding carboxylic acids is 1. The van der Waals surface area contributed by atoms with Gasteiger partial charge in [-0.25, -0.2) is 0 Å². The number of likely N-dealkylation sites (N-methyl/N-ethyl adjacent to an activating group) is 1. The molecule has 0 aliphatic rings. The summed E-state index contributed by atoms with van der Waals surface area (Å²) in [4.78, 5) is 17.1. The second-order valence-corrected chi connectivity index (χ2v) is 6.18. The molecule has 2 atom stereocenters. The molecule has 0 fully saturated rings. The van der Waals surface area contributed by atoms with E-state index in [2.05, 4.69) is 17.2 Å². The molecular weight excluding hydrogens is 260 g/mol. The molecular formula is C14H22N2O2S. The van der Waals surface area contributed by atoms with Crippen LogP contribution in [0.15, 0.2) is 29.4 Å². The van der Waals surface area contributed by atoms with Gasteiger partial charge >= 0.3 is 5.97 Å². The Balaban J connectivity index is 2.66. The molecule has 1 heterocycles. The number of ether oxygens (including phenoxy) is 1. The topological polar surface area (TPSA) is 51.2 Å². The zero-order valence-corrected chi connectivity index (χ0v) is 12.8. The lowest BCUT2D eigenvalue weighted by Crippen LogP contribution is -2.51. The highest BCUT2D eigenvalue weighted by molar-refractivity contribution is 7.99. The third-order valence-corrected chi connectivity index (χ3v) is 4.00. The summed E-state index contributed by atoms with van der Waals surface area (Å²) in [5.74, 6) is -0.212. The lowest BCUT2D eigenvalue weighted by Gasteiger charge is -2.30. The molecule has 0 radical (unpaired) electrons. The Hall–Kier alpha value is -1.07. The van der Waals surface area contributed by atoms with Gasteiger partial charge in [0.25, 0.3) is 0 Å². The lowest BCUT2D eigenvalue weighted by atomic mass is 9.96. The van der Waals surface area contributed by atoms with E-state index in [-0.39, 0.29) is 5.97 Å². The molecule has 0 saturated heterocycles. The van der Waals surface area contributed by atoms with Gasteiger partial charge in [0, 0.05) is 22.5 Å². The van der Waals surface area contributed by atoms with Crippen LogP contribution in [-0.4, -0.2) is 35.4 Å². The van der Waals surface area contributed by atoms with Gasteiger partial charge in [-0.3, -0.25) is 9.78 Å². The van der Waals surface area contributed by atoms with E-state index in [1.807, 2.05) is 26.0 Å². The summed E-state index contributed by atoms with van der Waals surface area (Å²) in [6.07, 6.45) is 4.26. The normalized spacial score (nSPS) is 15.6. The fraction of sp³-hybridized carbons (Fsp3) is 0.571. The number of aromatic nitrogens is 1. The average Bonchev–Trinajstić information content (AvgIpc) is 2.38. The number of pyridine rings is 1. The summed E-state index contributed by atoms with van der Waals surface area (Å²) in [7, 11) is 1.43. The van der Waals surface area contributed by atoms with Crippen molar-refractivity contribution in [3.8, 4) is 0 Å². The van der Waals surface area contributed by atoms with Crippen LogP contribution >= 0.6 is 11.8 Å². The predicted octanol–water partition coefficient (Wildman–Crippen LogP) is 2.49. The van der Waals surface area contributed by atoms with Crippen molar-refractivity contribution in [1.29, 1.82) is 0 Å². The van der Waals surface area contributed by atoms with Crippen LogP contribution in [0.25, 0.3) is 0 Å². The first-order valence-corrected chi connectivity index (χ1v) is 7.30. The molecule has 19 heavy (non-hydrogen) atoms. The van der Waals surface area contributed by atoms with Crippen LogP contribution in [0.2, 0.25) is 0 Å². The number of rotatable bonds is 7. The van der Waals surface area contributed by atoms with E-state index in [1.165, 1.54) is 7.11 Å². The first-order valence-electron chi connectivity index (χ1n) is 6.42. The monoisotopic (exact) mass is 282 g/mol. The fourth-order valence-electron chi connectivity index (χ4n) is 2.11. The van der Waals surface area contributed by atoms with Crippen molar-refractivity contribution in [1.82, 2.24) is 10.3 Å². The van der Waals surface area contributed by atoms with Crippen LogP contribution in [0.1, 0.15) is 27.2 Å². The Morgan fingerprint density at radius 1 is 1.53 bits per heavy atom. The lowest BCUT2D eigenvalue weighted by molar-refractivity contribution is -0.148. The Morgan fingerprint density at radius 3 is 2.68 bits per heavy atom. The van der Waals surface area contributed by atoms with Gasteiger partial charge in [0.1, 0.15) is 5.54 Å². The summed E-state index contributed by atoms with van der Waals surface area (Å²) >= 11 is 1.74. The van der Waals surface area contributed by atoms with Crippen LogP contribution in [0.4, 0.5) is 0 Å². The van der Waals surface area contributed by atoms with Crippen LogP contribution in [0.5, 0.6) is 0 Å². The Labute approximate surface area is 119 Å². The summed E-state index contributed by atoms with van der Waals surface area (Å²) in [6.45, 7) is 6.73. The second-order valence-electron chi connectivity index (χ2n) is 4.67. The highest BCUT2D eigenvalue weighted by Crippen LogP contribution is 2.28. The largest absolute Gasteiger partial charge is 0.468 e. The number of carbonyl (C=O) groups is 1. The number of thioether (sulfide) groups is 1. The third kappa shape index (κ3) is 4.84. The third-order valence-electron chi connectivity index (χ3n) is 2.89. The Morgan fingerprint density at radius 2 is 2.16 bits per heavy atom. The Bertz CT molecular complexity index is 400. The van der Waals surface area contributed by atoms with Gasteiger partial charge in [0.05, 0.1) is 7.11 Å². The summed E-state index contributed by atoms with van der Waals surface area (Å²) < 4.78 is 4.90. The van der Waals surface area contributed by atoms with Crippen molar-refractivity contribution in [2.24, 2.45) is 0 Å². The van der Waals surface area contributed by atoms with Crippen LogP contribution in [-0.2, 0) is 9.53 Å². The fourth-order valence-corrected chi connectivity index (χ4v) is 3.27. The number of hydrogen-bond acceptors (Lipinski definition) is 5. The molecule has 0 aliphatic carbocycles. The van der Waals surface area contributed by atoms with Crippen molar-refractivity contribution in [3.63, 3.8) is 0 Å². The van der Waals surface area contributed by atoms with Crippen LogP contribution in [0.3, 0.4) is 0 Å². The predicted molar refractivity (Wildman–Crippen MR) is 78.3 cm³/mol. The van der Waals surface area contributed by atoms with Gasteiger partial charge in [-0.2, -0.15) is 0 Å². The minimum atomic E-state index is -0.636. The highest BCUT2D eigenvalue weighted by Gasteiger charge is 2.35. The molecule has 0 saturated carbocycles. The average molecular weight is 282 g/mol. The van der Waals surface area contributed by atoms with E-state index in [1.54, 1.807) is 24.2 Å². The molecule has 1 N–H and O–H groups in total. The van der Waals surface area contributed by atoms with Crippen molar-refractivity contribution in [2.75, 3.05) is 13.7 Å². The first-order chi connectivity index (χ1) is 9.01. The smallest absolute Gasteiger partial charge is 0.325 e.